The van der Waals surface area contributed by atoms with Crippen LogP contribution in [0.15, 0.2) is 46.9 Å². The van der Waals surface area contributed by atoms with Crippen molar-refractivity contribution < 1.29 is 27.0 Å². The summed E-state index contributed by atoms with van der Waals surface area (Å²) in [6, 6.07) is 10.0. The molecule has 0 fully saturated rings. The highest BCUT2D eigenvalue weighted by atomic mass is 79.9. The van der Waals surface area contributed by atoms with Gasteiger partial charge in [-0.05, 0) is 58.4 Å². The van der Waals surface area contributed by atoms with Crippen molar-refractivity contribution in [3.8, 4) is 11.5 Å². The van der Waals surface area contributed by atoms with Crippen molar-refractivity contribution in [3.63, 3.8) is 0 Å². The highest BCUT2D eigenvalue weighted by molar-refractivity contribution is 9.10. The van der Waals surface area contributed by atoms with Gasteiger partial charge >= 0.3 is 13.2 Å². The van der Waals surface area contributed by atoms with Crippen LogP contribution >= 0.6 is 15.9 Å². The first-order valence-corrected chi connectivity index (χ1v) is 6.87. The van der Waals surface area contributed by atoms with Gasteiger partial charge in [0.15, 0.2) is 0 Å². The summed E-state index contributed by atoms with van der Waals surface area (Å²) in [5, 5.41) is 0. The number of benzene rings is 2. The molecule has 2 aromatic carbocycles. The van der Waals surface area contributed by atoms with Crippen LogP contribution in [-0.4, -0.2) is 13.2 Å². The summed E-state index contributed by atoms with van der Waals surface area (Å²) in [5.74, 6) is 0.209. The molecule has 0 saturated carbocycles. The Balaban J connectivity index is 0.000000231. The van der Waals surface area contributed by atoms with E-state index in [0.29, 0.717) is 15.8 Å². The van der Waals surface area contributed by atoms with Crippen molar-refractivity contribution >= 4 is 27.3 Å². The van der Waals surface area contributed by atoms with Crippen molar-refractivity contribution in [1.29, 1.82) is 0 Å². The molecule has 4 N–H and O–H groups in total. The second-order valence-electron chi connectivity index (χ2n) is 4.01. The second-order valence-corrected chi connectivity index (χ2v) is 4.86. The lowest BCUT2D eigenvalue weighted by molar-refractivity contribution is -0.0505. The van der Waals surface area contributed by atoms with Gasteiger partial charge < -0.3 is 20.9 Å². The van der Waals surface area contributed by atoms with Gasteiger partial charge in [0.25, 0.3) is 0 Å². The van der Waals surface area contributed by atoms with E-state index in [0.717, 1.165) is 0 Å². The molecule has 0 radical (unpaired) electrons. The van der Waals surface area contributed by atoms with Crippen LogP contribution in [0.1, 0.15) is 0 Å². The summed E-state index contributed by atoms with van der Waals surface area (Å²) in [4.78, 5) is 0. The van der Waals surface area contributed by atoms with Crippen LogP contribution in [0.5, 0.6) is 11.5 Å². The number of hydrogen-bond donors (Lipinski definition) is 2. The average molecular weight is 397 g/mol. The molecule has 9 heteroatoms. The molecule has 2 aromatic rings. The van der Waals surface area contributed by atoms with Crippen molar-refractivity contribution in [1.82, 2.24) is 0 Å². The molecule has 0 spiro atoms. The van der Waals surface area contributed by atoms with E-state index in [1.54, 1.807) is 0 Å². The van der Waals surface area contributed by atoms with E-state index in [1.165, 1.54) is 42.5 Å². The zero-order chi connectivity index (χ0) is 17.4. The Labute approximate surface area is 138 Å². The molecule has 0 atom stereocenters. The Morgan fingerprint density at radius 1 is 0.783 bits per heavy atom. The topological polar surface area (TPSA) is 70.5 Å². The maximum Gasteiger partial charge on any atom is 0.387 e. The van der Waals surface area contributed by atoms with Gasteiger partial charge in [0.1, 0.15) is 11.5 Å². The average Bonchev–Trinajstić information content (AvgIpc) is 2.45. The van der Waals surface area contributed by atoms with Gasteiger partial charge in [-0.3, -0.25) is 0 Å². The largest absolute Gasteiger partial charge is 0.435 e. The fraction of sp³-hybridized carbons (Fsp3) is 0.143. The summed E-state index contributed by atoms with van der Waals surface area (Å²) in [5.41, 5.74) is 11.7. The predicted octanol–water partition coefficient (Wildman–Crippen LogP) is 4.50. The first kappa shape index (κ1) is 18.9. The Hall–Kier alpha value is -2.16. The van der Waals surface area contributed by atoms with E-state index >= 15 is 0 Å². The van der Waals surface area contributed by atoms with Gasteiger partial charge in [-0.1, -0.05) is 0 Å². The van der Waals surface area contributed by atoms with E-state index in [-0.39, 0.29) is 11.5 Å². The fourth-order valence-electron chi connectivity index (χ4n) is 1.33. The Bertz CT molecular complexity index is 612. The lowest BCUT2D eigenvalue weighted by Gasteiger charge is -2.05. The van der Waals surface area contributed by atoms with Crippen molar-refractivity contribution in [2.24, 2.45) is 0 Å². The van der Waals surface area contributed by atoms with E-state index in [1.807, 2.05) is 0 Å². The highest BCUT2D eigenvalue weighted by Gasteiger charge is 2.05. The Morgan fingerprint density at radius 3 is 1.74 bits per heavy atom. The third-order valence-corrected chi connectivity index (χ3v) is 2.99. The molecule has 126 valence electrons. The lowest BCUT2D eigenvalue weighted by atomic mass is 10.3. The molecule has 0 bridgehead atoms. The van der Waals surface area contributed by atoms with Crippen molar-refractivity contribution in [2.75, 3.05) is 11.5 Å². The smallest absolute Gasteiger partial charge is 0.387 e. The van der Waals surface area contributed by atoms with Crippen molar-refractivity contribution in [3.05, 3.63) is 46.9 Å². The van der Waals surface area contributed by atoms with Crippen LogP contribution in [0, 0.1) is 0 Å². The van der Waals surface area contributed by atoms with Crippen LogP contribution in [0.2, 0.25) is 0 Å². The molecule has 0 heterocycles. The number of hydrogen-bond acceptors (Lipinski definition) is 4. The zero-order valence-electron chi connectivity index (χ0n) is 11.6. The minimum atomic E-state index is -2.81. The molecule has 23 heavy (non-hydrogen) atoms. The number of halogens is 5. The fourth-order valence-corrected chi connectivity index (χ4v) is 1.69. The Kier molecular flexibility index (Phi) is 7.46. The van der Waals surface area contributed by atoms with E-state index in [9.17, 15) is 17.6 Å². The number of ether oxygens (including phenoxy) is 2. The Morgan fingerprint density at radius 2 is 1.26 bits per heavy atom. The molecule has 4 nitrogen and oxygen atoms in total. The number of anilines is 2. The molecule has 0 aliphatic heterocycles. The third-order valence-electron chi connectivity index (χ3n) is 2.30. The quantitative estimate of drug-likeness (QED) is 0.589. The van der Waals surface area contributed by atoms with E-state index < -0.39 is 13.2 Å². The van der Waals surface area contributed by atoms with Crippen LogP contribution in [0.3, 0.4) is 0 Å². The predicted molar refractivity (Wildman–Crippen MR) is 82.7 cm³/mol. The standard InChI is InChI=1S/C7H6BrF2NO.C7H7F2NO/c8-5-3-4(12-7(9)10)1-2-6(5)11;8-7(9)11-6-3-1-5(10)2-4-6/h1-3,7H,11H2;1-4,7H,10H2. The molecule has 0 aliphatic rings. The molecular weight excluding hydrogens is 384 g/mol. The maximum atomic E-state index is 11.7. The molecule has 2 rings (SSSR count). The summed E-state index contributed by atoms with van der Waals surface area (Å²) in [6.07, 6.45) is 0. The highest BCUT2D eigenvalue weighted by Crippen LogP contribution is 2.25. The summed E-state index contributed by atoms with van der Waals surface area (Å²) < 4.78 is 55.3. The minimum absolute atomic E-state index is 0.0890. The third kappa shape index (κ3) is 7.59. The SMILES string of the molecule is Nc1ccc(OC(F)F)cc1.Nc1ccc(OC(F)F)cc1Br. The van der Waals surface area contributed by atoms with Crippen molar-refractivity contribution in [2.45, 2.75) is 13.2 Å². The summed E-state index contributed by atoms with van der Waals surface area (Å²) in [6.45, 7) is -5.58. The van der Waals surface area contributed by atoms with E-state index in [2.05, 4.69) is 25.4 Å². The zero-order valence-corrected chi connectivity index (χ0v) is 13.1. The number of nitrogen functional groups attached to an aromatic ring is 2. The molecular formula is C14H13BrF4N2O2. The summed E-state index contributed by atoms with van der Waals surface area (Å²) in [7, 11) is 0. The number of nitrogens with two attached hydrogens (primary N) is 2. The second kappa shape index (κ2) is 9.09. The van der Waals surface area contributed by atoms with Crippen LogP contribution in [0.4, 0.5) is 28.9 Å². The van der Waals surface area contributed by atoms with Gasteiger partial charge in [0.2, 0.25) is 0 Å². The monoisotopic (exact) mass is 396 g/mol. The van der Waals surface area contributed by atoms with Gasteiger partial charge in [0, 0.05) is 15.8 Å². The normalized spacial score (nSPS) is 10.2. The molecule has 0 saturated heterocycles. The molecule has 0 aromatic heterocycles. The molecule has 0 amide bonds. The van der Waals surface area contributed by atoms with Gasteiger partial charge in [-0.2, -0.15) is 17.6 Å². The first-order chi connectivity index (χ1) is 10.8. The van der Waals surface area contributed by atoms with Crippen LogP contribution in [0.25, 0.3) is 0 Å². The number of rotatable bonds is 4. The minimum Gasteiger partial charge on any atom is -0.435 e. The molecule has 0 aliphatic carbocycles. The maximum absolute atomic E-state index is 11.7. The van der Waals surface area contributed by atoms with Crippen LogP contribution in [-0.2, 0) is 0 Å². The van der Waals surface area contributed by atoms with E-state index in [4.69, 9.17) is 11.5 Å². The molecule has 0 unspecified atom stereocenters. The summed E-state index contributed by atoms with van der Waals surface area (Å²) >= 11 is 3.09. The van der Waals surface area contributed by atoms with Gasteiger partial charge in [-0.15, -0.1) is 0 Å². The van der Waals surface area contributed by atoms with Crippen LogP contribution < -0.4 is 20.9 Å². The number of alkyl halides is 4. The lowest BCUT2D eigenvalue weighted by Crippen LogP contribution is -2.01. The first-order valence-electron chi connectivity index (χ1n) is 6.08. The van der Waals surface area contributed by atoms with Gasteiger partial charge in [-0.25, -0.2) is 0 Å². The van der Waals surface area contributed by atoms with Gasteiger partial charge in [0.05, 0.1) is 0 Å².